The molecule has 4 rings (SSSR count). The smallest absolute Gasteiger partial charge is 0.343 e. The molecular weight excluding hydrogens is 536 g/mol. The SMILES string of the molecule is C=CC(=O)OCCCOc1ccc(C(=O)Oc2ccc3cc(C(=O)Oc4ccc(C)cc4C#N)ccc3c2)cc1C=N. The van der Waals surface area contributed by atoms with Crippen LogP contribution in [0.5, 0.6) is 17.2 Å². The number of nitrogens with zero attached hydrogens (tertiary/aromatic N) is 1. The zero-order valence-corrected chi connectivity index (χ0v) is 22.7. The van der Waals surface area contributed by atoms with Gasteiger partial charge in [0.15, 0.2) is 0 Å². The average molecular weight is 563 g/mol. The fourth-order valence-corrected chi connectivity index (χ4v) is 3.95. The standard InChI is InChI=1S/C33H26N2O7/c1-3-31(36)40-14-4-13-39-29-12-9-25(17-27(29)20-35)32(37)41-28-10-8-22-16-24(7-6-23(22)18-28)33(38)42-30-11-5-21(2)15-26(30)19-34/h3,5-12,15-18,20,35H,1,4,13-14H2,2H3. The van der Waals surface area contributed by atoms with Gasteiger partial charge in [-0.1, -0.05) is 24.8 Å². The van der Waals surface area contributed by atoms with E-state index >= 15 is 0 Å². The van der Waals surface area contributed by atoms with Crippen LogP contribution in [0, 0.1) is 23.7 Å². The van der Waals surface area contributed by atoms with Crippen LogP contribution in [0.15, 0.2) is 85.5 Å². The van der Waals surface area contributed by atoms with Crippen LogP contribution in [0.4, 0.5) is 0 Å². The number of aryl methyl sites for hydroxylation is 1. The van der Waals surface area contributed by atoms with Crippen molar-refractivity contribution in [2.24, 2.45) is 0 Å². The van der Waals surface area contributed by atoms with Gasteiger partial charge in [-0.25, -0.2) is 14.4 Å². The van der Waals surface area contributed by atoms with E-state index in [2.05, 4.69) is 6.58 Å². The zero-order valence-electron chi connectivity index (χ0n) is 22.7. The largest absolute Gasteiger partial charge is 0.493 e. The van der Waals surface area contributed by atoms with E-state index in [1.165, 1.54) is 12.1 Å². The van der Waals surface area contributed by atoms with Crippen LogP contribution < -0.4 is 14.2 Å². The molecule has 210 valence electrons. The molecule has 0 aliphatic heterocycles. The van der Waals surface area contributed by atoms with Gasteiger partial charge in [0.25, 0.3) is 0 Å². The topological polar surface area (TPSA) is 136 Å². The Morgan fingerprint density at radius 3 is 2.31 bits per heavy atom. The fraction of sp³-hybridized carbons (Fsp3) is 0.121. The highest BCUT2D eigenvalue weighted by molar-refractivity contribution is 5.98. The van der Waals surface area contributed by atoms with Crippen LogP contribution in [0.3, 0.4) is 0 Å². The maximum atomic E-state index is 12.8. The first kappa shape index (κ1) is 29.2. The molecule has 0 heterocycles. The van der Waals surface area contributed by atoms with E-state index in [1.54, 1.807) is 60.7 Å². The minimum absolute atomic E-state index is 0.170. The minimum atomic E-state index is -0.619. The second-order valence-corrected chi connectivity index (χ2v) is 9.08. The lowest BCUT2D eigenvalue weighted by Crippen LogP contribution is -2.10. The van der Waals surface area contributed by atoms with Crippen molar-refractivity contribution >= 4 is 34.9 Å². The Hall–Kier alpha value is -5.75. The molecule has 42 heavy (non-hydrogen) atoms. The Balaban J connectivity index is 1.40. The maximum absolute atomic E-state index is 12.8. The molecule has 0 unspecified atom stereocenters. The summed E-state index contributed by atoms with van der Waals surface area (Å²) in [7, 11) is 0. The van der Waals surface area contributed by atoms with Gasteiger partial charge in [0.1, 0.15) is 23.3 Å². The van der Waals surface area contributed by atoms with E-state index < -0.39 is 17.9 Å². The van der Waals surface area contributed by atoms with Crippen molar-refractivity contribution < 1.29 is 33.3 Å². The highest BCUT2D eigenvalue weighted by Gasteiger charge is 2.15. The van der Waals surface area contributed by atoms with Gasteiger partial charge >= 0.3 is 17.9 Å². The average Bonchev–Trinajstić information content (AvgIpc) is 3.01. The van der Waals surface area contributed by atoms with Crippen molar-refractivity contribution in [2.75, 3.05) is 13.2 Å². The summed E-state index contributed by atoms with van der Waals surface area (Å²) in [5.74, 6) is -0.837. The van der Waals surface area contributed by atoms with Crippen molar-refractivity contribution in [2.45, 2.75) is 13.3 Å². The van der Waals surface area contributed by atoms with Crippen molar-refractivity contribution in [1.82, 2.24) is 0 Å². The van der Waals surface area contributed by atoms with E-state index in [4.69, 9.17) is 24.4 Å². The number of benzene rings is 4. The molecule has 9 nitrogen and oxygen atoms in total. The normalized spacial score (nSPS) is 10.3. The maximum Gasteiger partial charge on any atom is 0.343 e. The van der Waals surface area contributed by atoms with Crippen LogP contribution in [-0.4, -0.2) is 37.3 Å². The number of nitrogens with one attached hydrogen (secondary N) is 1. The van der Waals surface area contributed by atoms with Gasteiger partial charge in [-0.2, -0.15) is 5.26 Å². The number of ether oxygens (including phenoxy) is 4. The predicted octanol–water partition coefficient (Wildman–Crippen LogP) is 5.95. The number of carbonyl (C=O) groups is 3. The summed E-state index contributed by atoms with van der Waals surface area (Å²) in [6, 6.07) is 21.6. The van der Waals surface area contributed by atoms with E-state index in [1.807, 2.05) is 13.0 Å². The molecule has 0 aliphatic rings. The molecular formula is C33H26N2O7. The van der Waals surface area contributed by atoms with Gasteiger partial charge in [-0.15, -0.1) is 0 Å². The Morgan fingerprint density at radius 2 is 1.55 bits per heavy atom. The molecule has 4 aromatic rings. The number of carbonyl (C=O) groups excluding carboxylic acids is 3. The lowest BCUT2D eigenvalue weighted by atomic mass is 10.1. The minimum Gasteiger partial charge on any atom is -0.493 e. The van der Waals surface area contributed by atoms with Crippen LogP contribution in [0.1, 0.15) is 43.8 Å². The number of hydrogen-bond acceptors (Lipinski definition) is 9. The van der Waals surface area contributed by atoms with Crippen molar-refractivity contribution in [3.63, 3.8) is 0 Å². The van der Waals surface area contributed by atoms with Crippen LogP contribution in [0.25, 0.3) is 10.8 Å². The molecule has 0 bridgehead atoms. The van der Waals surface area contributed by atoms with E-state index in [0.29, 0.717) is 29.0 Å². The van der Waals surface area contributed by atoms with Crippen molar-refractivity contribution in [3.8, 4) is 23.3 Å². The molecule has 0 aromatic heterocycles. The summed E-state index contributed by atoms with van der Waals surface area (Å²) in [6.07, 6.45) is 2.60. The monoisotopic (exact) mass is 562 g/mol. The Labute approximate surface area is 242 Å². The molecule has 4 aromatic carbocycles. The van der Waals surface area contributed by atoms with Gasteiger partial charge in [-0.3, -0.25) is 0 Å². The number of esters is 3. The first-order valence-corrected chi connectivity index (χ1v) is 12.9. The third-order valence-corrected chi connectivity index (χ3v) is 6.07. The summed E-state index contributed by atoms with van der Waals surface area (Å²) in [4.78, 5) is 36.6. The molecule has 0 saturated heterocycles. The van der Waals surface area contributed by atoms with Crippen molar-refractivity contribution in [1.29, 1.82) is 10.7 Å². The number of fused-ring (bicyclic) bond motifs is 1. The summed E-state index contributed by atoms with van der Waals surface area (Å²) < 4.78 is 21.5. The lowest BCUT2D eigenvalue weighted by Gasteiger charge is -2.11. The van der Waals surface area contributed by atoms with Gasteiger partial charge in [0.2, 0.25) is 0 Å². The zero-order chi connectivity index (χ0) is 30.1. The van der Waals surface area contributed by atoms with E-state index in [-0.39, 0.29) is 30.1 Å². The van der Waals surface area contributed by atoms with Gasteiger partial charge in [0.05, 0.1) is 29.9 Å². The summed E-state index contributed by atoms with van der Waals surface area (Å²) >= 11 is 0. The Bertz CT molecular complexity index is 1740. The Kier molecular flexibility index (Phi) is 9.43. The second-order valence-electron chi connectivity index (χ2n) is 9.08. The molecule has 9 heteroatoms. The lowest BCUT2D eigenvalue weighted by molar-refractivity contribution is -0.137. The highest BCUT2D eigenvalue weighted by Crippen LogP contribution is 2.26. The van der Waals surface area contributed by atoms with E-state index in [0.717, 1.165) is 28.6 Å². The third-order valence-electron chi connectivity index (χ3n) is 6.07. The molecule has 0 radical (unpaired) electrons. The predicted molar refractivity (Wildman–Crippen MR) is 155 cm³/mol. The molecule has 0 fully saturated rings. The van der Waals surface area contributed by atoms with Crippen molar-refractivity contribution in [3.05, 3.63) is 113 Å². The van der Waals surface area contributed by atoms with E-state index in [9.17, 15) is 19.6 Å². The summed E-state index contributed by atoms with van der Waals surface area (Å²) in [5.41, 5.74) is 2.07. The number of hydrogen-bond donors (Lipinski definition) is 1. The molecule has 0 saturated carbocycles. The third kappa shape index (κ3) is 7.25. The highest BCUT2D eigenvalue weighted by atomic mass is 16.5. The van der Waals surface area contributed by atoms with Gasteiger partial charge in [-0.05, 0) is 77.9 Å². The number of rotatable bonds is 11. The second kappa shape index (κ2) is 13.5. The first-order valence-electron chi connectivity index (χ1n) is 12.9. The molecule has 0 spiro atoms. The quantitative estimate of drug-likeness (QED) is 0.0778. The van der Waals surface area contributed by atoms with Gasteiger partial charge < -0.3 is 24.4 Å². The molecule has 1 N–H and O–H groups in total. The van der Waals surface area contributed by atoms with Crippen LogP contribution in [-0.2, 0) is 9.53 Å². The summed E-state index contributed by atoms with van der Waals surface area (Å²) in [5, 5.41) is 18.5. The first-order chi connectivity index (χ1) is 20.3. The fourth-order valence-electron chi connectivity index (χ4n) is 3.95. The molecule has 0 aliphatic carbocycles. The molecule has 0 amide bonds. The molecule has 0 atom stereocenters. The number of nitriles is 1. The Morgan fingerprint density at radius 1 is 0.857 bits per heavy atom. The van der Waals surface area contributed by atoms with Gasteiger partial charge in [0, 0.05) is 24.3 Å². The summed E-state index contributed by atoms with van der Waals surface area (Å²) in [6.45, 7) is 5.59. The van der Waals surface area contributed by atoms with Crippen LogP contribution >= 0.6 is 0 Å². The van der Waals surface area contributed by atoms with Crippen LogP contribution in [0.2, 0.25) is 0 Å².